The predicted molar refractivity (Wildman–Crippen MR) is 91.3 cm³/mol. The molecule has 2 atom stereocenters. The molecule has 2 bridgehead atoms. The molecule has 2 heterocycles. The normalized spacial score (nSPS) is 25.9. The Balaban J connectivity index is 1.48. The first-order valence-corrected chi connectivity index (χ1v) is 8.58. The number of carbonyl (C=O) groups is 2. The number of carbonyl (C=O) groups excluding carboxylic acids is 2. The monoisotopic (exact) mass is 315 g/mol. The molecule has 5 heteroatoms. The van der Waals surface area contributed by atoms with E-state index in [-0.39, 0.29) is 11.8 Å². The summed E-state index contributed by atoms with van der Waals surface area (Å²) in [4.78, 5) is 23.6. The van der Waals surface area contributed by atoms with E-state index in [1.165, 1.54) is 12.8 Å². The Morgan fingerprint density at radius 3 is 2.04 bits per heavy atom. The largest absolute Gasteiger partial charge is 0.326 e. The molecule has 2 aliphatic heterocycles. The van der Waals surface area contributed by atoms with E-state index in [1.807, 2.05) is 31.2 Å². The van der Waals surface area contributed by atoms with Crippen molar-refractivity contribution in [3.05, 3.63) is 24.3 Å². The number of amides is 2. The molecule has 0 radical (unpaired) electrons. The summed E-state index contributed by atoms with van der Waals surface area (Å²) in [5.41, 5.74) is 1.53. The lowest BCUT2D eigenvalue weighted by atomic mass is 9.89. The number of nitrogens with one attached hydrogen (secondary N) is 3. The molecule has 2 aliphatic rings. The SMILES string of the molecule is CCC(=O)Nc1ccc(NC(=O)CC2CC3CCC(C2)N3)cc1. The van der Waals surface area contributed by atoms with E-state index in [4.69, 9.17) is 0 Å². The van der Waals surface area contributed by atoms with Gasteiger partial charge in [0.05, 0.1) is 0 Å². The Kier molecular flexibility index (Phi) is 4.96. The van der Waals surface area contributed by atoms with Crippen molar-refractivity contribution in [2.24, 2.45) is 5.92 Å². The van der Waals surface area contributed by atoms with Gasteiger partial charge in [-0.2, -0.15) is 0 Å². The zero-order valence-electron chi connectivity index (χ0n) is 13.6. The summed E-state index contributed by atoms with van der Waals surface area (Å²) in [6.07, 6.45) is 5.80. The standard InChI is InChI=1S/C18H25N3O2/c1-2-17(22)20-13-3-5-14(6-4-13)21-18(23)11-12-9-15-7-8-16(10-12)19-15/h3-6,12,15-16,19H,2,7-11H2,1H3,(H,20,22)(H,21,23). The van der Waals surface area contributed by atoms with Crippen molar-refractivity contribution in [1.82, 2.24) is 5.32 Å². The molecule has 0 aliphatic carbocycles. The molecule has 0 saturated carbocycles. The van der Waals surface area contributed by atoms with Crippen molar-refractivity contribution in [3.8, 4) is 0 Å². The van der Waals surface area contributed by atoms with E-state index in [0.29, 0.717) is 30.8 Å². The van der Waals surface area contributed by atoms with Crippen LogP contribution in [0.15, 0.2) is 24.3 Å². The predicted octanol–water partition coefficient (Wildman–Crippen LogP) is 2.89. The van der Waals surface area contributed by atoms with Gasteiger partial charge in [-0.3, -0.25) is 9.59 Å². The Hall–Kier alpha value is -1.88. The molecule has 3 N–H and O–H groups in total. The summed E-state index contributed by atoms with van der Waals surface area (Å²) in [7, 11) is 0. The summed E-state index contributed by atoms with van der Waals surface area (Å²) in [6.45, 7) is 1.82. The molecular formula is C18H25N3O2. The molecule has 3 rings (SSSR count). The first kappa shape index (κ1) is 16.0. The molecule has 0 spiro atoms. The average molecular weight is 315 g/mol. The van der Waals surface area contributed by atoms with Crippen molar-refractivity contribution in [2.45, 2.75) is 57.5 Å². The topological polar surface area (TPSA) is 70.2 Å². The molecule has 2 amide bonds. The fourth-order valence-electron chi connectivity index (χ4n) is 3.70. The molecule has 0 aromatic heterocycles. The second-order valence-electron chi connectivity index (χ2n) is 6.71. The lowest BCUT2D eigenvalue weighted by Crippen LogP contribution is -2.39. The first-order valence-electron chi connectivity index (χ1n) is 8.58. The fraction of sp³-hybridized carbons (Fsp3) is 0.556. The van der Waals surface area contributed by atoms with Gasteiger partial charge in [-0.05, 0) is 55.9 Å². The van der Waals surface area contributed by atoms with E-state index >= 15 is 0 Å². The van der Waals surface area contributed by atoms with Crippen molar-refractivity contribution < 1.29 is 9.59 Å². The van der Waals surface area contributed by atoms with Gasteiger partial charge in [0, 0.05) is 36.3 Å². The third-order valence-corrected chi connectivity index (χ3v) is 4.82. The summed E-state index contributed by atoms with van der Waals surface area (Å²) in [5.74, 6) is 0.570. The maximum absolute atomic E-state index is 12.2. The minimum Gasteiger partial charge on any atom is -0.326 e. The van der Waals surface area contributed by atoms with E-state index in [2.05, 4.69) is 16.0 Å². The molecule has 1 aromatic carbocycles. The van der Waals surface area contributed by atoms with E-state index < -0.39 is 0 Å². The van der Waals surface area contributed by atoms with Crippen LogP contribution in [0.5, 0.6) is 0 Å². The van der Waals surface area contributed by atoms with Gasteiger partial charge in [-0.1, -0.05) is 6.92 Å². The third kappa shape index (κ3) is 4.32. The Morgan fingerprint density at radius 2 is 1.52 bits per heavy atom. The van der Waals surface area contributed by atoms with Crippen LogP contribution < -0.4 is 16.0 Å². The highest BCUT2D eigenvalue weighted by molar-refractivity contribution is 5.92. The summed E-state index contributed by atoms with van der Waals surface area (Å²) in [6, 6.07) is 8.52. The van der Waals surface area contributed by atoms with Gasteiger partial charge in [0.1, 0.15) is 0 Å². The van der Waals surface area contributed by atoms with Gasteiger partial charge in [0.25, 0.3) is 0 Å². The Labute approximate surface area is 137 Å². The molecule has 2 unspecified atom stereocenters. The number of rotatable bonds is 5. The minimum atomic E-state index is -0.0117. The smallest absolute Gasteiger partial charge is 0.224 e. The van der Waals surface area contributed by atoms with Crippen molar-refractivity contribution in [3.63, 3.8) is 0 Å². The number of fused-ring (bicyclic) bond motifs is 2. The quantitative estimate of drug-likeness (QED) is 0.782. The van der Waals surface area contributed by atoms with Crippen LogP contribution >= 0.6 is 0 Å². The van der Waals surface area contributed by atoms with Crippen LogP contribution in [0, 0.1) is 5.92 Å². The maximum atomic E-state index is 12.2. The summed E-state index contributed by atoms with van der Waals surface area (Å²) < 4.78 is 0. The number of hydrogen-bond acceptors (Lipinski definition) is 3. The number of hydrogen-bond donors (Lipinski definition) is 3. The zero-order valence-corrected chi connectivity index (χ0v) is 13.6. The lowest BCUT2D eigenvalue weighted by molar-refractivity contribution is -0.117. The molecule has 2 saturated heterocycles. The van der Waals surface area contributed by atoms with Crippen molar-refractivity contribution in [1.29, 1.82) is 0 Å². The maximum Gasteiger partial charge on any atom is 0.224 e. The zero-order chi connectivity index (χ0) is 16.2. The first-order chi connectivity index (χ1) is 11.1. The number of anilines is 2. The molecular weight excluding hydrogens is 290 g/mol. The molecule has 124 valence electrons. The lowest BCUT2D eigenvalue weighted by Gasteiger charge is -2.28. The Morgan fingerprint density at radius 1 is 1.00 bits per heavy atom. The van der Waals surface area contributed by atoms with Crippen molar-refractivity contribution >= 4 is 23.2 Å². The second kappa shape index (κ2) is 7.13. The van der Waals surface area contributed by atoms with Gasteiger partial charge in [0.2, 0.25) is 11.8 Å². The van der Waals surface area contributed by atoms with E-state index in [9.17, 15) is 9.59 Å². The second-order valence-corrected chi connectivity index (χ2v) is 6.71. The molecule has 1 aromatic rings. The van der Waals surface area contributed by atoms with Gasteiger partial charge < -0.3 is 16.0 Å². The van der Waals surface area contributed by atoms with E-state index in [0.717, 1.165) is 24.2 Å². The highest BCUT2D eigenvalue weighted by Gasteiger charge is 2.34. The van der Waals surface area contributed by atoms with Crippen LogP contribution in [-0.2, 0) is 9.59 Å². The highest BCUT2D eigenvalue weighted by Crippen LogP contribution is 2.32. The van der Waals surface area contributed by atoms with Crippen LogP contribution in [0.2, 0.25) is 0 Å². The van der Waals surface area contributed by atoms with Gasteiger partial charge in [-0.25, -0.2) is 0 Å². The third-order valence-electron chi connectivity index (χ3n) is 4.82. The highest BCUT2D eigenvalue weighted by atomic mass is 16.2. The summed E-state index contributed by atoms with van der Waals surface area (Å²) in [5, 5.41) is 9.36. The van der Waals surface area contributed by atoms with Gasteiger partial charge in [-0.15, -0.1) is 0 Å². The fourth-order valence-corrected chi connectivity index (χ4v) is 3.70. The van der Waals surface area contributed by atoms with Gasteiger partial charge in [0.15, 0.2) is 0 Å². The molecule has 23 heavy (non-hydrogen) atoms. The average Bonchev–Trinajstić information content (AvgIpc) is 2.88. The molecule has 5 nitrogen and oxygen atoms in total. The van der Waals surface area contributed by atoms with Gasteiger partial charge >= 0.3 is 0 Å². The van der Waals surface area contributed by atoms with Crippen LogP contribution in [0.3, 0.4) is 0 Å². The molecule has 2 fully saturated rings. The minimum absolute atomic E-state index is 0.0117. The van der Waals surface area contributed by atoms with Crippen LogP contribution in [0.25, 0.3) is 0 Å². The Bertz CT molecular complexity index is 558. The van der Waals surface area contributed by atoms with Crippen LogP contribution in [0.4, 0.5) is 11.4 Å². The summed E-state index contributed by atoms with van der Waals surface area (Å²) >= 11 is 0. The number of benzene rings is 1. The van der Waals surface area contributed by atoms with Crippen LogP contribution in [-0.4, -0.2) is 23.9 Å². The van der Waals surface area contributed by atoms with Crippen molar-refractivity contribution in [2.75, 3.05) is 10.6 Å². The number of piperidine rings is 1. The van der Waals surface area contributed by atoms with Crippen LogP contribution in [0.1, 0.15) is 45.4 Å². The van der Waals surface area contributed by atoms with E-state index in [1.54, 1.807) is 0 Å².